The van der Waals surface area contributed by atoms with Crippen molar-refractivity contribution in [2.75, 3.05) is 0 Å². The maximum Gasteiger partial charge on any atom is 0.0666 e. The van der Waals surface area contributed by atoms with Gasteiger partial charge in [0.25, 0.3) is 0 Å². The molecule has 1 aliphatic rings. The lowest BCUT2D eigenvalue weighted by molar-refractivity contribution is 0.389. The minimum Gasteiger partial charge on any atom is -0.310 e. The molecule has 0 saturated heterocycles. The molecule has 1 aliphatic carbocycles. The third-order valence-electron chi connectivity index (χ3n) is 4.06. The monoisotopic (exact) mass is 235 g/mol. The van der Waals surface area contributed by atoms with Gasteiger partial charge in [-0.05, 0) is 25.2 Å². The molecule has 0 aromatic carbocycles. The van der Waals surface area contributed by atoms with E-state index in [1.165, 1.54) is 36.9 Å². The van der Waals surface area contributed by atoms with E-state index >= 15 is 0 Å². The lowest BCUT2D eigenvalue weighted by Crippen LogP contribution is -2.31. The topological polar surface area (TPSA) is 29.9 Å². The van der Waals surface area contributed by atoms with Crippen molar-refractivity contribution in [1.29, 1.82) is 0 Å². The largest absolute Gasteiger partial charge is 0.310 e. The minimum absolute atomic E-state index is 0.727. The molecule has 1 heterocycles. The van der Waals surface area contributed by atoms with E-state index in [1.807, 2.05) is 11.7 Å². The van der Waals surface area contributed by atoms with Crippen molar-refractivity contribution < 1.29 is 0 Å². The van der Waals surface area contributed by atoms with Gasteiger partial charge in [0.05, 0.1) is 5.69 Å². The highest BCUT2D eigenvalue weighted by Gasteiger charge is 2.25. The molecular weight excluding hydrogens is 210 g/mol. The van der Waals surface area contributed by atoms with E-state index in [-0.39, 0.29) is 0 Å². The van der Waals surface area contributed by atoms with Gasteiger partial charge in [-0.3, -0.25) is 4.68 Å². The van der Waals surface area contributed by atoms with Crippen LogP contribution < -0.4 is 5.32 Å². The molecule has 1 fully saturated rings. The molecular formula is C14H25N3. The molecule has 2 unspecified atom stereocenters. The van der Waals surface area contributed by atoms with Crippen molar-refractivity contribution in [3.05, 3.63) is 17.5 Å². The van der Waals surface area contributed by atoms with Gasteiger partial charge in [-0.25, -0.2) is 0 Å². The van der Waals surface area contributed by atoms with Crippen LogP contribution in [0.5, 0.6) is 0 Å². The molecule has 1 aromatic heterocycles. The molecule has 96 valence electrons. The summed E-state index contributed by atoms with van der Waals surface area (Å²) in [7, 11) is 2.01. The van der Waals surface area contributed by atoms with Crippen LogP contribution in [0.1, 0.15) is 50.8 Å². The van der Waals surface area contributed by atoms with Crippen molar-refractivity contribution in [1.82, 2.24) is 15.1 Å². The van der Waals surface area contributed by atoms with Gasteiger partial charge in [-0.15, -0.1) is 0 Å². The van der Waals surface area contributed by atoms with Gasteiger partial charge in [0.15, 0.2) is 0 Å². The smallest absolute Gasteiger partial charge is 0.0666 e. The predicted molar refractivity (Wildman–Crippen MR) is 70.8 cm³/mol. The van der Waals surface area contributed by atoms with Crippen LogP contribution in [0.25, 0.3) is 0 Å². The Morgan fingerprint density at radius 2 is 2.24 bits per heavy atom. The molecule has 2 rings (SSSR count). The summed E-state index contributed by atoms with van der Waals surface area (Å²) in [6.07, 6.45) is 8.64. The standard InChI is InChI=1S/C14H25N3/c1-4-11-7-6-8-14(11)15-9-12-10-17(3)16-13(12)5-2/h10-11,14-15H,4-9H2,1-3H3. The fourth-order valence-corrected chi connectivity index (χ4v) is 3.06. The van der Waals surface area contributed by atoms with Crippen molar-refractivity contribution >= 4 is 0 Å². The van der Waals surface area contributed by atoms with Crippen LogP contribution in [0.3, 0.4) is 0 Å². The number of nitrogens with zero attached hydrogens (tertiary/aromatic N) is 2. The Balaban J connectivity index is 1.92. The van der Waals surface area contributed by atoms with Gasteiger partial charge in [0.1, 0.15) is 0 Å². The van der Waals surface area contributed by atoms with E-state index in [0.29, 0.717) is 0 Å². The second-order valence-corrected chi connectivity index (χ2v) is 5.21. The predicted octanol–water partition coefficient (Wildman–Crippen LogP) is 2.65. The Bertz CT molecular complexity index is 356. The average Bonchev–Trinajstić information content (AvgIpc) is 2.91. The first-order valence-electron chi connectivity index (χ1n) is 6.99. The quantitative estimate of drug-likeness (QED) is 0.850. The van der Waals surface area contributed by atoms with E-state index < -0.39 is 0 Å². The van der Waals surface area contributed by atoms with Crippen molar-refractivity contribution in [3.8, 4) is 0 Å². The molecule has 17 heavy (non-hydrogen) atoms. The molecule has 0 aliphatic heterocycles. The van der Waals surface area contributed by atoms with Crippen LogP contribution in [0, 0.1) is 5.92 Å². The maximum absolute atomic E-state index is 4.49. The van der Waals surface area contributed by atoms with Gasteiger partial charge < -0.3 is 5.32 Å². The summed E-state index contributed by atoms with van der Waals surface area (Å²) in [5.74, 6) is 0.886. The molecule has 0 radical (unpaired) electrons. The number of aromatic nitrogens is 2. The normalized spacial score (nSPS) is 24.4. The molecule has 0 bridgehead atoms. The first-order chi connectivity index (χ1) is 8.24. The summed E-state index contributed by atoms with van der Waals surface area (Å²) >= 11 is 0. The molecule has 1 saturated carbocycles. The Kier molecular flexibility index (Phi) is 4.21. The molecule has 0 spiro atoms. The summed E-state index contributed by atoms with van der Waals surface area (Å²) in [6, 6.07) is 0.727. The Labute approximate surface area is 105 Å². The van der Waals surface area contributed by atoms with E-state index in [9.17, 15) is 0 Å². The number of hydrogen-bond acceptors (Lipinski definition) is 2. The van der Waals surface area contributed by atoms with Gasteiger partial charge in [-0.1, -0.05) is 26.7 Å². The van der Waals surface area contributed by atoms with E-state index in [2.05, 4.69) is 30.5 Å². The summed E-state index contributed by atoms with van der Waals surface area (Å²) in [5, 5.41) is 8.22. The van der Waals surface area contributed by atoms with Gasteiger partial charge in [0, 0.05) is 31.4 Å². The number of aryl methyl sites for hydroxylation is 2. The van der Waals surface area contributed by atoms with Crippen LogP contribution in [0.4, 0.5) is 0 Å². The van der Waals surface area contributed by atoms with Crippen LogP contribution in [-0.2, 0) is 20.0 Å². The molecule has 1 aromatic rings. The minimum atomic E-state index is 0.727. The molecule has 2 atom stereocenters. The molecule has 3 heteroatoms. The highest BCUT2D eigenvalue weighted by atomic mass is 15.3. The van der Waals surface area contributed by atoms with Crippen molar-refractivity contribution in [3.63, 3.8) is 0 Å². The van der Waals surface area contributed by atoms with Crippen LogP contribution >= 0.6 is 0 Å². The Morgan fingerprint density at radius 1 is 1.41 bits per heavy atom. The highest BCUT2D eigenvalue weighted by Crippen LogP contribution is 2.28. The van der Waals surface area contributed by atoms with Crippen LogP contribution in [0.2, 0.25) is 0 Å². The van der Waals surface area contributed by atoms with Gasteiger partial charge in [0.2, 0.25) is 0 Å². The van der Waals surface area contributed by atoms with Gasteiger partial charge in [-0.2, -0.15) is 5.10 Å². The summed E-state index contributed by atoms with van der Waals surface area (Å²) in [6.45, 7) is 5.47. The third-order valence-corrected chi connectivity index (χ3v) is 4.06. The third kappa shape index (κ3) is 2.89. The highest BCUT2D eigenvalue weighted by molar-refractivity contribution is 5.16. The average molecular weight is 235 g/mol. The summed E-state index contributed by atoms with van der Waals surface area (Å²) < 4.78 is 1.93. The lowest BCUT2D eigenvalue weighted by atomic mass is 10.0. The molecule has 3 nitrogen and oxygen atoms in total. The summed E-state index contributed by atoms with van der Waals surface area (Å²) in [4.78, 5) is 0. The second kappa shape index (κ2) is 5.67. The van der Waals surface area contributed by atoms with Crippen LogP contribution in [-0.4, -0.2) is 15.8 Å². The fourth-order valence-electron chi connectivity index (χ4n) is 3.06. The van der Waals surface area contributed by atoms with Crippen molar-refractivity contribution in [2.24, 2.45) is 13.0 Å². The SMILES string of the molecule is CCc1nn(C)cc1CNC1CCCC1CC. The van der Waals surface area contributed by atoms with Gasteiger partial charge >= 0.3 is 0 Å². The summed E-state index contributed by atoms with van der Waals surface area (Å²) in [5.41, 5.74) is 2.61. The fraction of sp³-hybridized carbons (Fsp3) is 0.786. The van der Waals surface area contributed by atoms with E-state index in [0.717, 1.165) is 24.9 Å². The zero-order chi connectivity index (χ0) is 12.3. The maximum atomic E-state index is 4.49. The lowest BCUT2D eigenvalue weighted by Gasteiger charge is -2.19. The van der Waals surface area contributed by atoms with E-state index in [1.54, 1.807) is 0 Å². The first kappa shape index (κ1) is 12.6. The zero-order valence-electron chi connectivity index (χ0n) is 11.4. The second-order valence-electron chi connectivity index (χ2n) is 5.21. The Hall–Kier alpha value is -0.830. The molecule has 0 amide bonds. The molecule has 1 N–H and O–H groups in total. The number of hydrogen-bond donors (Lipinski definition) is 1. The number of nitrogens with one attached hydrogen (secondary N) is 1. The van der Waals surface area contributed by atoms with Crippen LogP contribution in [0.15, 0.2) is 6.20 Å². The first-order valence-corrected chi connectivity index (χ1v) is 6.99. The zero-order valence-corrected chi connectivity index (χ0v) is 11.4. The Morgan fingerprint density at radius 3 is 2.94 bits per heavy atom. The number of rotatable bonds is 5. The van der Waals surface area contributed by atoms with E-state index in [4.69, 9.17) is 0 Å². The van der Waals surface area contributed by atoms with Crippen molar-refractivity contribution in [2.45, 2.75) is 58.5 Å².